The summed E-state index contributed by atoms with van der Waals surface area (Å²) in [6.07, 6.45) is -1.37. The Morgan fingerprint density at radius 1 is 1.38 bits per heavy atom. The third-order valence-electron chi connectivity index (χ3n) is 2.12. The zero-order chi connectivity index (χ0) is 11.3. The minimum Gasteiger partial charge on any atom is -0.464 e. The highest BCUT2D eigenvalue weighted by Gasteiger charge is 2.23. The van der Waals surface area contributed by atoms with Crippen LogP contribution in [0.2, 0.25) is 0 Å². The number of carbonyl (C=O) groups is 1. The van der Waals surface area contributed by atoms with Gasteiger partial charge in [0.15, 0.2) is 5.83 Å². The fourth-order valence-corrected chi connectivity index (χ4v) is 1.32. The molecule has 0 aromatic rings. The van der Waals surface area contributed by atoms with Gasteiger partial charge < -0.3 is 10.1 Å². The number of nitrogens with one attached hydrogen (secondary N) is 1. The molecular weight excluding hydrogens is 247 g/mol. The summed E-state index contributed by atoms with van der Waals surface area (Å²) in [6, 6.07) is -0.368. The first kappa shape index (κ1) is 15.2. The lowest BCUT2D eigenvalue weighted by Crippen LogP contribution is -2.32. The monoisotopic (exact) mass is 259 g/mol. The van der Waals surface area contributed by atoms with E-state index >= 15 is 0 Å². The van der Waals surface area contributed by atoms with Crippen LogP contribution >= 0.6 is 12.4 Å². The molecule has 0 aromatic carbocycles. The SMILES string of the molecule is Cl.O=C(OCCC(F)=C(F)F)[C@@H]1CCCN1. The Labute approximate surface area is 97.4 Å². The van der Waals surface area contributed by atoms with Gasteiger partial charge in [0.25, 0.3) is 0 Å². The number of halogens is 4. The number of hydrogen-bond acceptors (Lipinski definition) is 3. The third kappa shape index (κ3) is 4.85. The molecule has 16 heavy (non-hydrogen) atoms. The first-order valence-corrected chi connectivity index (χ1v) is 4.71. The van der Waals surface area contributed by atoms with Gasteiger partial charge in [0.1, 0.15) is 6.04 Å². The second kappa shape index (κ2) is 7.51. The highest BCUT2D eigenvalue weighted by Crippen LogP contribution is 2.13. The summed E-state index contributed by atoms with van der Waals surface area (Å²) in [5.74, 6) is -2.03. The largest absolute Gasteiger partial charge is 0.464 e. The van der Waals surface area contributed by atoms with Crippen LogP contribution in [-0.2, 0) is 9.53 Å². The van der Waals surface area contributed by atoms with Crippen molar-refractivity contribution in [2.45, 2.75) is 25.3 Å². The number of ether oxygens (including phenoxy) is 1. The molecule has 1 heterocycles. The molecule has 0 radical (unpaired) electrons. The molecule has 1 aliphatic heterocycles. The van der Waals surface area contributed by atoms with Crippen LogP contribution in [0, 0.1) is 0 Å². The van der Waals surface area contributed by atoms with Crippen molar-refractivity contribution in [2.24, 2.45) is 0 Å². The number of carbonyl (C=O) groups excluding carboxylic acids is 1. The number of esters is 1. The van der Waals surface area contributed by atoms with Crippen molar-refractivity contribution < 1.29 is 22.7 Å². The molecule has 3 nitrogen and oxygen atoms in total. The molecule has 0 spiro atoms. The summed E-state index contributed by atoms with van der Waals surface area (Å²) in [6.45, 7) is 0.396. The molecule has 1 saturated heterocycles. The quantitative estimate of drug-likeness (QED) is 0.787. The van der Waals surface area contributed by atoms with Crippen LogP contribution in [-0.4, -0.2) is 25.2 Å². The molecule has 7 heteroatoms. The fourth-order valence-electron chi connectivity index (χ4n) is 1.32. The van der Waals surface area contributed by atoms with E-state index in [9.17, 15) is 18.0 Å². The highest BCUT2D eigenvalue weighted by molar-refractivity contribution is 5.85. The topological polar surface area (TPSA) is 38.3 Å². The summed E-state index contributed by atoms with van der Waals surface area (Å²) in [5.41, 5.74) is 0. The Bertz CT molecular complexity index is 263. The van der Waals surface area contributed by atoms with Crippen LogP contribution < -0.4 is 5.32 Å². The van der Waals surface area contributed by atoms with E-state index in [0.717, 1.165) is 13.0 Å². The minimum atomic E-state index is -2.36. The normalized spacial score (nSPS) is 18.8. The maximum Gasteiger partial charge on any atom is 0.323 e. The lowest BCUT2D eigenvalue weighted by molar-refractivity contribution is -0.145. The van der Waals surface area contributed by atoms with Crippen molar-refractivity contribution in [3.8, 4) is 0 Å². The Morgan fingerprint density at radius 2 is 2.06 bits per heavy atom. The molecule has 94 valence electrons. The average molecular weight is 260 g/mol. The predicted octanol–water partition coefficient (Wildman–Crippen LogP) is 2.17. The van der Waals surface area contributed by atoms with Crippen LogP contribution in [0.4, 0.5) is 13.2 Å². The van der Waals surface area contributed by atoms with Gasteiger partial charge in [-0.1, -0.05) is 0 Å². The van der Waals surface area contributed by atoms with Crippen molar-refractivity contribution in [3.63, 3.8) is 0 Å². The fraction of sp³-hybridized carbons (Fsp3) is 0.667. The third-order valence-corrected chi connectivity index (χ3v) is 2.12. The van der Waals surface area contributed by atoms with Gasteiger partial charge in [-0.05, 0) is 19.4 Å². The molecule has 0 bridgehead atoms. The zero-order valence-corrected chi connectivity index (χ0v) is 9.29. The van der Waals surface area contributed by atoms with E-state index in [4.69, 9.17) is 0 Å². The first-order valence-electron chi connectivity index (χ1n) is 4.71. The molecule has 1 atom stereocenters. The van der Waals surface area contributed by atoms with Crippen molar-refractivity contribution in [1.82, 2.24) is 5.32 Å². The van der Waals surface area contributed by atoms with Gasteiger partial charge in [0, 0.05) is 6.42 Å². The van der Waals surface area contributed by atoms with E-state index in [1.807, 2.05) is 0 Å². The molecular formula is C9H13ClF3NO2. The molecule has 1 aliphatic rings. The molecule has 0 amide bonds. The Kier molecular flexibility index (Phi) is 7.16. The van der Waals surface area contributed by atoms with Gasteiger partial charge in [0.2, 0.25) is 0 Å². The van der Waals surface area contributed by atoms with E-state index in [2.05, 4.69) is 10.1 Å². The molecule has 1 rings (SSSR count). The maximum atomic E-state index is 12.3. The smallest absolute Gasteiger partial charge is 0.323 e. The van der Waals surface area contributed by atoms with Crippen molar-refractivity contribution in [1.29, 1.82) is 0 Å². The lowest BCUT2D eigenvalue weighted by Gasteiger charge is -2.09. The van der Waals surface area contributed by atoms with E-state index in [1.54, 1.807) is 0 Å². The molecule has 0 unspecified atom stereocenters. The Balaban J connectivity index is 0.00000225. The van der Waals surface area contributed by atoms with Crippen LogP contribution in [0.5, 0.6) is 0 Å². The van der Waals surface area contributed by atoms with Crippen LogP contribution in [0.3, 0.4) is 0 Å². The second-order valence-corrected chi connectivity index (χ2v) is 3.23. The van der Waals surface area contributed by atoms with Gasteiger partial charge in [-0.2, -0.15) is 8.78 Å². The molecule has 0 aromatic heterocycles. The lowest BCUT2D eigenvalue weighted by atomic mass is 10.2. The molecule has 1 N–H and O–H groups in total. The summed E-state index contributed by atoms with van der Waals surface area (Å²) in [7, 11) is 0. The highest BCUT2D eigenvalue weighted by atomic mass is 35.5. The minimum absolute atomic E-state index is 0. The predicted molar refractivity (Wildman–Crippen MR) is 54.2 cm³/mol. The second-order valence-electron chi connectivity index (χ2n) is 3.23. The van der Waals surface area contributed by atoms with E-state index in [-0.39, 0.29) is 25.1 Å². The summed E-state index contributed by atoms with van der Waals surface area (Å²) in [5, 5.41) is 2.89. The van der Waals surface area contributed by atoms with Gasteiger partial charge >= 0.3 is 12.0 Å². The summed E-state index contributed by atoms with van der Waals surface area (Å²) >= 11 is 0. The molecule has 0 aliphatic carbocycles. The molecule has 1 fully saturated rings. The Hall–Kier alpha value is -0.750. The van der Waals surface area contributed by atoms with Crippen molar-refractivity contribution >= 4 is 18.4 Å². The standard InChI is InChI=1S/C9H12F3NO2.ClH/c10-6(8(11)12)3-5-15-9(14)7-2-1-4-13-7;/h7,13H,1-5H2;1H/t7-;/m0./s1. The maximum absolute atomic E-state index is 12.3. The first-order chi connectivity index (χ1) is 7.11. The van der Waals surface area contributed by atoms with Gasteiger partial charge in [-0.25, -0.2) is 4.39 Å². The van der Waals surface area contributed by atoms with Gasteiger partial charge in [-0.15, -0.1) is 12.4 Å². The summed E-state index contributed by atoms with van der Waals surface area (Å²) in [4.78, 5) is 11.2. The van der Waals surface area contributed by atoms with Gasteiger partial charge in [-0.3, -0.25) is 4.79 Å². The van der Waals surface area contributed by atoms with Crippen molar-refractivity contribution in [3.05, 3.63) is 11.9 Å². The number of rotatable bonds is 4. The van der Waals surface area contributed by atoms with Crippen LogP contribution in [0.15, 0.2) is 11.9 Å². The van der Waals surface area contributed by atoms with E-state index in [0.29, 0.717) is 6.42 Å². The van der Waals surface area contributed by atoms with Crippen LogP contribution in [0.25, 0.3) is 0 Å². The van der Waals surface area contributed by atoms with Crippen LogP contribution in [0.1, 0.15) is 19.3 Å². The van der Waals surface area contributed by atoms with E-state index < -0.39 is 24.3 Å². The number of hydrogen-bond donors (Lipinski definition) is 1. The average Bonchev–Trinajstić information content (AvgIpc) is 2.70. The zero-order valence-electron chi connectivity index (χ0n) is 8.47. The van der Waals surface area contributed by atoms with Gasteiger partial charge in [0.05, 0.1) is 6.61 Å². The van der Waals surface area contributed by atoms with Crippen molar-refractivity contribution in [2.75, 3.05) is 13.2 Å². The molecule has 0 saturated carbocycles. The summed E-state index contributed by atoms with van der Waals surface area (Å²) < 4.78 is 40.1. The van der Waals surface area contributed by atoms with E-state index in [1.165, 1.54) is 0 Å². The Morgan fingerprint density at radius 3 is 2.56 bits per heavy atom.